The van der Waals surface area contributed by atoms with E-state index in [9.17, 15) is 0 Å². The Bertz CT molecular complexity index is 804. The Hall–Kier alpha value is -2.20. The van der Waals surface area contributed by atoms with Gasteiger partial charge in [0.05, 0.1) is 25.9 Å². The summed E-state index contributed by atoms with van der Waals surface area (Å²) in [5.41, 5.74) is 4.98. The van der Waals surface area contributed by atoms with Crippen molar-refractivity contribution in [2.75, 3.05) is 25.6 Å². The molecule has 0 amide bonds. The summed E-state index contributed by atoms with van der Waals surface area (Å²) in [4.78, 5) is 0. The first kappa shape index (κ1) is 18.2. The third-order valence-corrected chi connectivity index (χ3v) is 5.79. The van der Waals surface area contributed by atoms with E-state index in [0.29, 0.717) is 12.5 Å². The Morgan fingerprint density at radius 1 is 1.15 bits per heavy atom. The van der Waals surface area contributed by atoms with Crippen LogP contribution in [0.3, 0.4) is 0 Å². The van der Waals surface area contributed by atoms with Gasteiger partial charge in [-0.3, -0.25) is 0 Å². The molecule has 0 aliphatic carbocycles. The van der Waals surface area contributed by atoms with Crippen LogP contribution in [0, 0.1) is 5.92 Å². The summed E-state index contributed by atoms with van der Waals surface area (Å²) >= 11 is 0. The predicted molar refractivity (Wildman–Crippen MR) is 108 cm³/mol. The molecule has 0 aromatic heterocycles. The van der Waals surface area contributed by atoms with E-state index in [1.54, 1.807) is 7.11 Å². The minimum absolute atomic E-state index is 0.131. The molecule has 2 aliphatic heterocycles. The first-order chi connectivity index (χ1) is 13.3. The van der Waals surface area contributed by atoms with Crippen LogP contribution in [0.5, 0.6) is 11.5 Å². The number of ether oxygens (including phenoxy) is 3. The Morgan fingerprint density at radius 2 is 2.04 bits per heavy atom. The number of nitrogens with one attached hydrogen (secondary N) is 1. The van der Waals surface area contributed by atoms with Crippen molar-refractivity contribution in [2.24, 2.45) is 5.92 Å². The summed E-state index contributed by atoms with van der Waals surface area (Å²) in [6, 6.07) is 13.1. The fourth-order valence-electron chi connectivity index (χ4n) is 4.51. The molecular weight excluding hydrogens is 338 g/mol. The lowest BCUT2D eigenvalue weighted by Crippen LogP contribution is -2.36. The molecule has 2 aromatic carbocycles. The van der Waals surface area contributed by atoms with Crippen molar-refractivity contribution in [3.63, 3.8) is 0 Å². The maximum absolute atomic E-state index is 6.30. The molecule has 4 heteroatoms. The lowest BCUT2D eigenvalue weighted by molar-refractivity contribution is -0.0383. The number of hydrogen-bond donors (Lipinski definition) is 1. The van der Waals surface area contributed by atoms with Crippen LogP contribution in [0.1, 0.15) is 55.5 Å². The Morgan fingerprint density at radius 3 is 2.81 bits per heavy atom. The van der Waals surface area contributed by atoms with Crippen LogP contribution in [0.15, 0.2) is 36.4 Å². The molecule has 0 bridgehead atoms. The molecule has 4 rings (SSSR count). The molecule has 144 valence electrons. The van der Waals surface area contributed by atoms with Crippen molar-refractivity contribution >= 4 is 5.69 Å². The zero-order valence-corrected chi connectivity index (χ0v) is 16.5. The zero-order valence-electron chi connectivity index (χ0n) is 16.5. The summed E-state index contributed by atoms with van der Waals surface area (Å²) in [6.45, 7) is 5.65. The predicted octanol–water partition coefficient (Wildman–Crippen LogP) is 5.29. The SMILES string of the molecule is CCOc1cccc(C2Nc3ccc(CC)cc3C3OCCCC23)c1OC. The Balaban J connectivity index is 1.78. The standard InChI is InChI=1S/C23H29NO3/c1-4-15-11-12-19-18(14-15)22-16(9-7-13-27-22)21(24-19)17-8-6-10-20(26-5-2)23(17)25-3/h6,8,10-12,14,16,21-22,24H,4-5,7,9,13H2,1-3H3. The average molecular weight is 367 g/mol. The molecule has 2 aromatic rings. The van der Waals surface area contributed by atoms with Gasteiger partial charge in [0.25, 0.3) is 0 Å². The highest BCUT2D eigenvalue weighted by atomic mass is 16.5. The molecule has 3 atom stereocenters. The number of fused-ring (bicyclic) bond motifs is 3. The molecule has 0 spiro atoms. The smallest absolute Gasteiger partial charge is 0.165 e. The van der Waals surface area contributed by atoms with Crippen LogP contribution >= 0.6 is 0 Å². The molecule has 2 aliphatic rings. The van der Waals surface area contributed by atoms with Gasteiger partial charge in [-0.05, 0) is 43.9 Å². The summed E-state index contributed by atoms with van der Waals surface area (Å²) < 4.78 is 17.9. The number of anilines is 1. The first-order valence-electron chi connectivity index (χ1n) is 10.1. The van der Waals surface area contributed by atoms with Crippen molar-refractivity contribution in [1.82, 2.24) is 0 Å². The van der Waals surface area contributed by atoms with E-state index in [4.69, 9.17) is 14.2 Å². The molecule has 1 N–H and O–H groups in total. The van der Waals surface area contributed by atoms with E-state index in [-0.39, 0.29) is 12.1 Å². The van der Waals surface area contributed by atoms with Crippen LogP contribution in [-0.4, -0.2) is 20.3 Å². The highest BCUT2D eigenvalue weighted by Crippen LogP contribution is 2.51. The highest BCUT2D eigenvalue weighted by molar-refractivity contribution is 5.60. The normalized spacial score (nSPS) is 23.7. The maximum atomic E-state index is 6.30. The van der Waals surface area contributed by atoms with Gasteiger partial charge in [-0.2, -0.15) is 0 Å². The first-order valence-corrected chi connectivity index (χ1v) is 10.1. The van der Waals surface area contributed by atoms with Crippen molar-refractivity contribution in [3.8, 4) is 11.5 Å². The summed E-state index contributed by atoms with van der Waals surface area (Å²) in [5.74, 6) is 2.01. The van der Waals surface area contributed by atoms with Crippen molar-refractivity contribution in [3.05, 3.63) is 53.1 Å². The fraction of sp³-hybridized carbons (Fsp3) is 0.478. The topological polar surface area (TPSA) is 39.7 Å². The van der Waals surface area contributed by atoms with Crippen LogP contribution in [0.2, 0.25) is 0 Å². The van der Waals surface area contributed by atoms with E-state index in [1.165, 1.54) is 16.8 Å². The number of para-hydroxylation sites is 1. The van der Waals surface area contributed by atoms with Gasteiger partial charge in [-0.15, -0.1) is 0 Å². The molecular formula is C23H29NO3. The third-order valence-electron chi connectivity index (χ3n) is 5.79. The van der Waals surface area contributed by atoms with Crippen molar-refractivity contribution < 1.29 is 14.2 Å². The van der Waals surface area contributed by atoms with Gasteiger partial charge in [-0.25, -0.2) is 0 Å². The van der Waals surface area contributed by atoms with Gasteiger partial charge in [0, 0.05) is 29.3 Å². The number of aryl methyl sites for hydroxylation is 1. The largest absolute Gasteiger partial charge is 0.492 e. The summed E-state index contributed by atoms with van der Waals surface area (Å²) in [6.07, 6.45) is 3.40. The Labute approximate surface area is 161 Å². The molecule has 0 saturated carbocycles. The zero-order chi connectivity index (χ0) is 18.8. The second-order valence-corrected chi connectivity index (χ2v) is 7.31. The monoisotopic (exact) mass is 367 g/mol. The lowest BCUT2D eigenvalue weighted by Gasteiger charge is -2.43. The Kier molecular flexibility index (Phi) is 5.26. The van der Waals surface area contributed by atoms with Crippen LogP contribution in [0.25, 0.3) is 0 Å². The van der Waals surface area contributed by atoms with Crippen LogP contribution in [0.4, 0.5) is 5.69 Å². The van der Waals surface area contributed by atoms with Crippen LogP contribution < -0.4 is 14.8 Å². The highest BCUT2D eigenvalue weighted by Gasteiger charge is 2.41. The average Bonchev–Trinajstić information content (AvgIpc) is 2.73. The summed E-state index contributed by atoms with van der Waals surface area (Å²) in [5, 5.41) is 3.79. The number of benzene rings is 2. The maximum Gasteiger partial charge on any atom is 0.165 e. The van der Waals surface area contributed by atoms with Gasteiger partial charge in [0.2, 0.25) is 0 Å². The van der Waals surface area contributed by atoms with Gasteiger partial charge in [0.15, 0.2) is 11.5 Å². The molecule has 3 unspecified atom stereocenters. The number of hydrogen-bond acceptors (Lipinski definition) is 4. The van der Waals surface area contributed by atoms with E-state index in [0.717, 1.165) is 42.9 Å². The van der Waals surface area contributed by atoms with Gasteiger partial charge in [-0.1, -0.05) is 31.2 Å². The lowest BCUT2D eigenvalue weighted by atomic mass is 9.77. The van der Waals surface area contributed by atoms with Crippen LogP contribution in [-0.2, 0) is 11.2 Å². The molecule has 4 nitrogen and oxygen atoms in total. The van der Waals surface area contributed by atoms with Crippen molar-refractivity contribution in [1.29, 1.82) is 0 Å². The van der Waals surface area contributed by atoms with E-state index in [1.807, 2.05) is 13.0 Å². The number of methoxy groups -OCH3 is 1. The minimum atomic E-state index is 0.131. The minimum Gasteiger partial charge on any atom is -0.492 e. The molecule has 1 saturated heterocycles. The van der Waals surface area contributed by atoms with E-state index in [2.05, 4.69) is 42.6 Å². The second kappa shape index (κ2) is 7.81. The quantitative estimate of drug-likeness (QED) is 0.779. The fourth-order valence-corrected chi connectivity index (χ4v) is 4.51. The molecule has 1 fully saturated rings. The van der Waals surface area contributed by atoms with Gasteiger partial charge >= 0.3 is 0 Å². The van der Waals surface area contributed by atoms with E-state index >= 15 is 0 Å². The molecule has 0 radical (unpaired) electrons. The second-order valence-electron chi connectivity index (χ2n) is 7.31. The van der Waals surface area contributed by atoms with Gasteiger partial charge < -0.3 is 19.5 Å². The van der Waals surface area contributed by atoms with E-state index < -0.39 is 0 Å². The number of rotatable bonds is 5. The molecule has 27 heavy (non-hydrogen) atoms. The van der Waals surface area contributed by atoms with Crippen molar-refractivity contribution in [2.45, 2.75) is 45.3 Å². The third kappa shape index (κ3) is 3.27. The summed E-state index contributed by atoms with van der Waals surface area (Å²) in [7, 11) is 1.72. The van der Waals surface area contributed by atoms with Gasteiger partial charge in [0.1, 0.15) is 0 Å². The molecule has 2 heterocycles.